The van der Waals surface area contributed by atoms with Crippen molar-refractivity contribution in [2.75, 3.05) is 13.1 Å². The maximum Gasteiger partial charge on any atom is 0.377 e. The van der Waals surface area contributed by atoms with E-state index in [0.717, 1.165) is 0 Å². The van der Waals surface area contributed by atoms with Crippen LogP contribution in [0.1, 0.15) is 31.4 Å². The zero-order valence-corrected chi connectivity index (χ0v) is 17.6. The maximum absolute atomic E-state index is 14.7. The smallest absolute Gasteiger partial charge is 0.377 e. The van der Waals surface area contributed by atoms with Crippen molar-refractivity contribution in [1.29, 1.82) is 0 Å². The second-order valence-corrected chi connectivity index (χ2v) is 7.13. The van der Waals surface area contributed by atoms with Crippen molar-refractivity contribution in [2.24, 2.45) is 4.99 Å². The van der Waals surface area contributed by atoms with Gasteiger partial charge in [0.2, 0.25) is 0 Å². The molecule has 1 atom stereocenters. The zero-order chi connectivity index (χ0) is 22.1. The Morgan fingerprint density at radius 2 is 2.06 bits per heavy atom. The minimum absolute atomic E-state index is 0. The quantitative estimate of drug-likeness (QED) is 0.423. The molecule has 2 heterocycles. The fraction of sp³-hybridized carbons (Fsp3) is 0.286. The topological polar surface area (TPSA) is 133 Å². The number of guanidine groups is 1. The van der Waals surface area contributed by atoms with Gasteiger partial charge in [0.15, 0.2) is 6.17 Å². The number of hydrazine groups is 1. The van der Waals surface area contributed by atoms with Crippen molar-refractivity contribution in [3.8, 4) is 0 Å². The fourth-order valence-corrected chi connectivity index (χ4v) is 3.79. The van der Waals surface area contributed by atoms with Gasteiger partial charge in [0.25, 0.3) is 11.6 Å². The number of halogens is 1. The molecule has 168 valence electrons. The summed E-state index contributed by atoms with van der Waals surface area (Å²) < 4.78 is 16.5. The SMILES string of the molecule is CCC(=O)NC1=[N+]2c3ccc([N+](=O)[O-])cc3C(c3ccccc3F)=NCC2N(CC)N1.[OH-]. The molecule has 3 N–H and O–H groups in total. The van der Waals surface area contributed by atoms with Crippen molar-refractivity contribution in [3.63, 3.8) is 0 Å². The van der Waals surface area contributed by atoms with E-state index in [1.54, 1.807) is 31.2 Å². The summed E-state index contributed by atoms with van der Waals surface area (Å²) in [6.07, 6.45) is -0.0125. The number of fused-ring (bicyclic) bond motifs is 3. The molecule has 0 saturated carbocycles. The molecular weight excluding hydrogens is 419 g/mol. The summed E-state index contributed by atoms with van der Waals surface area (Å²) in [6.45, 7) is 4.58. The number of nitro groups is 1. The summed E-state index contributed by atoms with van der Waals surface area (Å²) in [4.78, 5) is 27.8. The summed E-state index contributed by atoms with van der Waals surface area (Å²) in [5.74, 6) is -0.198. The van der Waals surface area contributed by atoms with E-state index in [1.165, 1.54) is 18.2 Å². The highest BCUT2D eigenvalue weighted by molar-refractivity contribution is 6.16. The summed E-state index contributed by atoms with van der Waals surface area (Å²) in [6, 6.07) is 10.6. The molecule has 2 aliphatic heterocycles. The normalized spacial score (nSPS) is 17.3. The highest BCUT2D eigenvalue weighted by Gasteiger charge is 2.42. The predicted octanol–water partition coefficient (Wildman–Crippen LogP) is 2.10. The molecule has 0 radical (unpaired) electrons. The van der Waals surface area contributed by atoms with E-state index in [2.05, 4.69) is 15.7 Å². The van der Waals surface area contributed by atoms with Gasteiger partial charge in [-0.1, -0.05) is 19.1 Å². The average molecular weight is 442 g/mol. The van der Waals surface area contributed by atoms with Gasteiger partial charge >= 0.3 is 5.96 Å². The first-order valence-corrected chi connectivity index (χ1v) is 10.0. The molecule has 0 aromatic heterocycles. The maximum atomic E-state index is 14.7. The van der Waals surface area contributed by atoms with Gasteiger partial charge in [-0.3, -0.25) is 19.9 Å². The van der Waals surface area contributed by atoms with Crippen molar-refractivity contribution >= 4 is 29.0 Å². The molecule has 0 fully saturated rings. The van der Waals surface area contributed by atoms with Gasteiger partial charge in [-0.25, -0.2) is 14.3 Å². The number of rotatable bonds is 4. The number of amides is 1. The van der Waals surface area contributed by atoms with Crippen LogP contribution in [-0.4, -0.2) is 56.8 Å². The molecule has 0 aliphatic carbocycles. The summed E-state index contributed by atoms with van der Waals surface area (Å²) >= 11 is 0. The summed E-state index contributed by atoms with van der Waals surface area (Å²) in [7, 11) is 0. The Bertz CT molecular complexity index is 1130. The van der Waals surface area contributed by atoms with Crippen LogP contribution in [0.5, 0.6) is 0 Å². The number of benzene rings is 2. The number of likely N-dealkylation sites (N-methyl/N-ethyl adjacent to an activating group) is 1. The van der Waals surface area contributed by atoms with Crippen LogP contribution in [0.15, 0.2) is 47.5 Å². The number of nitrogens with zero attached hydrogens (tertiary/aromatic N) is 4. The Kier molecular flexibility index (Phi) is 6.61. The molecular formula is C21H23FN6O4. The van der Waals surface area contributed by atoms with Crippen LogP contribution in [0.25, 0.3) is 0 Å². The lowest BCUT2D eigenvalue weighted by atomic mass is 9.99. The molecule has 1 unspecified atom stereocenters. The van der Waals surface area contributed by atoms with Gasteiger partial charge < -0.3 is 5.48 Å². The summed E-state index contributed by atoms with van der Waals surface area (Å²) in [5, 5.41) is 16.2. The molecule has 2 aliphatic rings. The first kappa shape index (κ1) is 23.0. The van der Waals surface area contributed by atoms with E-state index < -0.39 is 10.7 Å². The van der Waals surface area contributed by atoms with Gasteiger partial charge in [0.05, 0.1) is 17.2 Å². The van der Waals surface area contributed by atoms with Gasteiger partial charge in [0, 0.05) is 36.2 Å². The van der Waals surface area contributed by atoms with Crippen molar-refractivity contribution < 1.29 is 24.2 Å². The van der Waals surface area contributed by atoms with Crippen LogP contribution in [0, 0.1) is 15.9 Å². The van der Waals surface area contributed by atoms with Crippen LogP contribution in [0.2, 0.25) is 0 Å². The number of hydrogen-bond donors (Lipinski definition) is 2. The Hall–Kier alpha value is -3.70. The van der Waals surface area contributed by atoms with E-state index in [0.29, 0.717) is 35.9 Å². The third kappa shape index (κ3) is 3.95. The molecule has 4 rings (SSSR count). The van der Waals surface area contributed by atoms with E-state index in [-0.39, 0.29) is 35.3 Å². The van der Waals surface area contributed by atoms with Gasteiger partial charge in [-0.15, -0.1) is 5.01 Å². The number of nitrogens with one attached hydrogen (secondary N) is 2. The lowest BCUT2D eigenvalue weighted by molar-refractivity contribution is -0.497. The molecule has 2 aromatic carbocycles. The number of aliphatic imine (C=N–C) groups is 1. The Morgan fingerprint density at radius 1 is 1.31 bits per heavy atom. The number of carbonyl (C=O) groups is 1. The van der Waals surface area contributed by atoms with Crippen LogP contribution in [0.4, 0.5) is 15.8 Å². The fourth-order valence-electron chi connectivity index (χ4n) is 3.79. The molecule has 0 bridgehead atoms. The average Bonchev–Trinajstić information content (AvgIpc) is 3.01. The molecule has 1 amide bonds. The van der Waals surface area contributed by atoms with Crippen LogP contribution in [0.3, 0.4) is 0 Å². The Balaban J connectivity index is 0.00000289. The van der Waals surface area contributed by atoms with E-state index in [9.17, 15) is 19.3 Å². The first-order valence-electron chi connectivity index (χ1n) is 10.0. The third-order valence-electron chi connectivity index (χ3n) is 5.32. The molecule has 0 spiro atoms. The van der Waals surface area contributed by atoms with E-state index in [1.807, 2.05) is 16.5 Å². The lowest BCUT2D eigenvalue weighted by Gasteiger charge is -2.18. The van der Waals surface area contributed by atoms with E-state index >= 15 is 0 Å². The van der Waals surface area contributed by atoms with E-state index in [4.69, 9.17) is 0 Å². The second kappa shape index (κ2) is 9.20. The Labute approximate surface area is 183 Å². The number of hydrogen-bond acceptors (Lipinski definition) is 7. The van der Waals surface area contributed by atoms with Crippen LogP contribution >= 0.6 is 0 Å². The molecule has 2 aromatic rings. The zero-order valence-electron chi connectivity index (χ0n) is 17.6. The highest BCUT2D eigenvalue weighted by atomic mass is 19.1. The largest absolute Gasteiger partial charge is 0.870 e. The van der Waals surface area contributed by atoms with Crippen molar-refractivity contribution in [2.45, 2.75) is 26.4 Å². The Morgan fingerprint density at radius 3 is 2.72 bits per heavy atom. The molecule has 32 heavy (non-hydrogen) atoms. The monoisotopic (exact) mass is 442 g/mol. The second-order valence-electron chi connectivity index (χ2n) is 7.13. The highest BCUT2D eigenvalue weighted by Crippen LogP contribution is 2.33. The minimum Gasteiger partial charge on any atom is -0.870 e. The molecule has 11 heteroatoms. The summed E-state index contributed by atoms with van der Waals surface area (Å²) in [5.41, 5.74) is 4.67. The molecule has 10 nitrogen and oxygen atoms in total. The minimum atomic E-state index is -0.494. The third-order valence-corrected chi connectivity index (χ3v) is 5.32. The lowest BCUT2D eigenvalue weighted by Crippen LogP contribution is -2.46. The standard InChI is InChI=1S/C21H21FN6O3.H2O/c1-3-18(29)24-21-25-26(4-2)19-12-23-20(14-7-5-6-8-16(14)22)15-11-13(28(30)31)9-10-17(15)27(19)21;/h5-11,19H,3-4,12H2,1-2H3,(H,24,25,29);1H2. The predicted molar refractivity (Wildman–Crippen MR) is 115 cm³/mol. The van der Waals surface area contributed by atoms with Crippen LogP contribution < -0.4 is 10.7 Å². The van der Waals surface area contributed by atoms with Crippen molar-refractivity contribution in [3.05, 3.63) is 69.5 Å². The van der Waals surface area contributed by atoms with Crippen LogP contribution in [-0.2, 0) is 4.79 Å². The molecule has 0 saturated heterocycles. The van der Waals surface area contributed by atoms with Crippen molar-refractivity contribution in [1.82, 2.24) is 15.8 Å². The number of carbonyl (C=O) groups excluding carboxylic acids is 1. The van der Waals surface area contributed by atoms with Gasteiger partial charge in [0.1, 0.15) is 11.5 Å². The first-order chi connectivity index (χ1) is 14.9. The number of non-ortho nitro benzene ring substituents is 1. The van der Waals surface area contributed by atoms with Gasteiger partial charge in [-0.05, 0) is 25.1 Å². The van der Waals surface area contributed by atoms with Gasteiger partial charge in [-0.2, -0.15) is 5.43 Å². The number of nitro benzene ring substituents is 1.